The monoisotopic (exact) mass is 1320 g/mol. The van der Waals surface area contributed by atoms with Crippen molar-refractivity contribution in [3.05, 3.63) is 369 Å². The molecule has 5 aromatic heterocycles. The van der Waals surface area contributed by atoms with Gasteiger partial charge in [0.1, 0.15) is 0 Å². The topological polar surface area (TPSA) is 48.7 Å². The van der Waals surface area contributed by atoms with Gasteiger partial charge in [-0.15, -0.1) is 0 Å². The van der Waals surface area contributed by atoms with Crippen LogP contribution in [0.1, 0.15) is 11.1 Å². The lowest BCUT2D eigenvalue weighted by Crippen LogP contribution is -2.18. The number of hydrogen-bond acceptors (Lipinski definition) is 3. The van der Waals surface area contributed by atoms with Crippen LogP contribution >= 0.6 is 0 Å². The van der Waals surface area contributed by atoms with Crippen molar-refractivity contribution in [1.29, 1.82) is 0 Å². The van der Waals surface area contributed by atoms with Crippen LogP contribution in [0.15, 0.2) is 358 Å². The first kappa shape index (κ1) is 58.0. The Labute approximate surface area is 598 Å². The third kappa shape index (κ3) is 8.90. The zero-order valence-corrected chi connectivity index (χ0v) is 56.4. The highest BCUT2D eigenvalue weighted by Gasteiger charge is 2.27. The molecule has 0 aliphatic carbocycles. The highest BCUT2D eigenvalue weighted by Crippen LogP contribution is 2.47. The minimum atomic E-state index is 0.620. The van der Waals surface area contributed by atoms with Gasteiger partial charge in [-0.25, -0.2) is 9.97 Å². The molecule has 7 nitrogen and oxygen atoms in total. The second kappa shape index (κ2) is 22.8. The van der Waals surface area contributed by atoms with Crippen LogP contribution < -0.4 is 4.90 Å². The molecule has 104 heavy (non-hydrogen) atoms. The molecule has 0 saturated carbocycles. The number of rotatable bonds is 9. The number of benzene rings is 16. The quantitative estimate of drug-likeness (QED) is 0.135. The number of para-hydroxylation sites is 7. The van der Waals surface area contributed by atoms with Gasteiger partial charge in [-0.3, -0.25) is 4.57 Å². The van der Waals surface area contributed by atoms with E-state index < -0.39 is 0 Å². The molecule has 1 aliphatic heterocycles. The molecule has 6 heterocycles. The van der Waals surface area contributed by atoms with Crippen LogP contribution in [0.4, 0.5) is 17.1 Å². The van der Waals surface area contributed by atoms with Gasteiger partial charge in [-0.2, -0.15) is 0 Å². The van der Waals surface area contributed by atoms with Gasteiger partial charge in [0.05, 0.1) is 55.3 Å². The first-order valence-electron chi connectivity index (χ1n) is 35.7. The van der Waals surface area contributed by atoms with Crippen molar-refractivity contribution >= 4 is 126 Å². The van der Waals surface area contributed by atoms with Gasteiger partial charge in [0.15, 0.2) is 0 Å². The fraction of sp³-hybridized carbons (Fsp3) is 0.0103. The van der Waals surface area contributed by atoms with E-state index in [2.05, 4.69) is 381 Å². The lowest BCUT2D eigenvalue weighted by molar-refractivity contribution is 1.02. The van der Waals surface area contributed by atoms with E-state index in [1.165, 1.54) is 93.6 Å². The van der Waals surface area contributed by atoms with Crippen LogP contribution in [-0.2, 0) is 6.42 Å². The van der Waals surface area contributed by atoms with E-state index in [0.717, 1.165) is 112 Å². The zero-order chi connectivity index (χ0) is 68.1. The number of aromatic nitrogens is 6. The molecule has 1 aliphatic rings. The molecule has 0 fully saturated rings. The molecule has 16 aromatic carbocycles. The molecular weight excluding hydrogens is 1260 g/mol. The van der Waals surface area contributed by atoms with Gasteiger partial charge in [0, 0.05) is 100.0 Å². The van der Waals surface area contributed by atoms with E-state index in [-0.39, 0.29) is 0 Å². The summed E-state index contributed by atoms with van der Waals surface area (Å²) >= 11 is 0. The predicted octanol–water partition coefficient (Wildman–Crippen LogP) is 25.2. The summed E-state index contributed by atoms with van der Waals surface area (Å²) in [5, 5.41) is 12.8. The van der Waals surface area contributed by atoms with Crippen LogP contribution in [0.2, 0.25) is 0 Å². The summed E-state index contributed by atoms with van der Waals surface area (Å²) in [4.78, 5) is 13.7. The largest absolute Gasteiger partial charge is 0.310 e. The van der Waals surface area contributed by atoms with E-state index in [1.807, 2.05) is 0 Å². The molecule has 0 radical (unpaired) electrons. The smallest absolute Gasteiger partial charge is 0.235 e. The fourth-order valence-corrected chi connectivity index (χ4v) is 17.2. The summed E-state index contributed by atoms with van der Waals surface area (Å²) in [6.07, 6.45) is 0.852. The number of fused-ring (bicyclic) bond motifs is 17. The van der Waals surface area contributed by atoms with Gasteiger partial charge >= 0.3 is 0 Å². The second-order valence-corrected chi connectivity index (χ2v) is 27.6. The number of nitrogens with zero attached hydrogens (tertiary/aromatic N) is 7. The molecule has 0 atom stereocenters. The Bertz CT molecular complexity index is 7120. The van der Waals surface area contributed by atoms with Crippen LogP contribution in [0, 0.1) is 0 Å². The molecule has 22 rings (SSSR count). The average molecular weight is 1320 g/mol. The molecule has 0 bridgehead atoms. The standard InChI is InChI=1S/C97H61N7/c1-4-22-71(23-5-1)100-85-32-16-11-21-69(85)55-70-54-63(39-48-86(70)100)64-40-51-92-83(59-64)84-60-68(66-42-50-91-81(57-66)77-30-14-18-34-88(77)102(91)73-26-8-3-9-27-73)43-52-93(84)103(92)74-45-36-62(37-46-74)95-79-47-38-61-20-10-12-28-75(61)96(79)99-97(98-95)104-89-35-19-15-31-78(89)82-58-67(44-53-94(82)104)65-41-49-90-80(56-65)76-29-13-17-33-87(76)101(90)72-24-6-2-7-25-72/h1-54,56-60H,55H2. The van der Waals surface area contributed by atoms with Crippen molar-refractivity contribution in [2.75, 3.05) is 4.90 Å². The third-order valence-electron chi connectivity index (χ3n) is 21.9. The molecule has 484 valence electrons. The fourth-order valence-electron chi connectivity index (χ4n) is 17.2. The van der Waals surface area contributed by atoms with E-state index in [9.17, 15) is 0 Å². The predicted molar refractivity (Wildman–Crippen MR) is 434 cm³/mol. The van der Waals surface area contributed by atoms with E-state index in [4.69, 9.17) is 9.97 Å². The SMILES string of the molecule is c1ccc(N2c3ccccc3Cc3cc(-c4ccc5c(c4)c4cc(-c6ccc7c(c6)c6ccccc6n7-c6ccccc6)ccc4n5-c4ccc(-c5nc(-n6c7ccccc7c7cc(-c8ccc9c(c8)c8ccccc8n9-c8ccccc8)ccc76)nc6c5ccc5ccccc56)cc4)ccc32)cc1. The summed E-state index contributed by atoms with van der Waals surface area (Å²) in [6, 6.07) is 131. The highest BCUT2D eigenvalue weighted by atomic mass is 15.2. The van der Waals surface area contributed by atoms with Gasteiger partial charge in [-0.05, 0) is 202 Å². The zero-order valence-electron chi connectivity index (χ0n) is 56.4. The Hall–Kier alpha value is -13.9. The van der Waals surface area contributed by atoms with Gasteiger partial charge in [0.2, 0.25) is 5.95 Å². The first-order chi connectivity index (χ1) is 51.6. The van der Waals surface area contributed by atoms with Crippen molar-refractivity contribution in [3.63, 3.8) is 0 Å². The summed E-state index contributed by atoms with van der Waals surface area (Å²) in [7, 11) is 0. The lowest BCUT2D eigenvalue weighted by Gasteiger charge is -2.33. The maximum Gasteiger partial charge on any atom is 0.235 e. The molecule has 0 N–H and O–H groups in total. The molecule has 21 aromatic rings. The normalized spacial score (nSPS) is 12.4. The Morgan fingerprint density at radius 3 is 1.10 bits per heavy atom. The maximum absolute atomic E-state index is 5.71. The van der Waals surface area contributed by atoms with Crippen LogP contribution in [0.3, 0.4) is 0 Å². The highest BCUT2D eigenvalue weighted by molar-refractivity contribution is 6.16. The third-order valence-corrected chi connectivity index (χ3v) is 21.9. The summed E-state index contributed by atoms with van der Waals surface area (Å²) in [6.45, 7) is 0. The van der Waals surface area contributed by atoms with Gasteiger partial charge in [-0.1, -0.05) is 206 Å². The lowest BCUT2D eigenvalue weighted by atomic mass is 9.91. The second-order valence-electron chi connectivity index (χ2n) is 27.6. The van der Waals surface area contributed by atoms with Crippen molar-refractivity contribution in [3.8, 4) is 67.6 Å². The Morgan fingerprint density at radius 1 is 0.212 bits per heavy atom. The molecule has 0 amide bonds. The Kier molecular flexibility index (Phi) is 12.7. The van der Waals surface area contributed by atoms with Crippen molar-refractivity contribution in [2.45, 2.75) is 6.42 Å². The van der Waals surface area contributed by atoms with Gasteiger partial charge < -0.3 is 18.6 Å². The summed E-state index contributed by atoms with van der Waals surface area (Å²) in [5.74, 6) is 0.620. The minimum Gasteiger partial charge on any atom is -0.310 e. The first-order valence-corrected chi connectivity index (χ1v) is 35.7. The molecular formula is C97H61N7. The Balaban J connectivity index is 0.688. The number of anilines is 3. The summed E-state index contributed by atoms with van der Waals surface area (Å²) in [5.41, 5.74) is 28.4. The van der Waals surface area contributed by atoms with Crippen LogP contribution in [0.5, 0.6) is 0 Å². The van der Waals surface area contributed by atoms with E-state index in [1.54, 1.807) is 0 Å². The summed E-state index contributed by atoms with van der Waals surface area (Å²) < 4.78 is 9.49. The molecule has 7 heteroatoms. The van der Waals surface area contributed by atoms with E-state index in [0.29, 0.717) is 5.95 Å². The average Bonchev–Trinajstić information content (AvgIpc) is 1.68. The van der Waals surface area contributed by atoms with Crippen LogP contribution in [0.25, 0.3) is 177 Å². The molecule has 0 saturated heterocycles. The maximum atomic E-state index is 5.71. The Morgan fingerprint density at radius 2 is 0.577 bits per heavy atom. The van der Waals surface area contributed by atoms with Crippen molar-refractivity contribution in [1.82, 2.24) is 28.2 Å². The van der Waals surface area contributed by atoms with Gasteiger partial charge in [0.25, 0.3) is 0 Å². The molecule has 0 unspecified atom stereocenters. The van der Waals surface area contributed by atoms with E-state index >= 15 is 0 Å². The number of hydrogen-bond donors (Lipinski definition) is 0. The van der Waals surface area contributed by atoms with Crippen LogP contribution in [-0.4, -0.2) is 28.2 Å². The minimum absolute atomic E-state index is 0.620. The molecule has 0 spiro atoms. The van der Waals surface area contributed by atoms with Crippen molar-refractivity contribution in [2.24, 2.45) is 0 Å². The van der Waals surface area contributed by atoms with Crippen molar-refractivity contribution < 1.29 is 0 Å².